The van der Waals surface area contributed by atoms with Crippen LogP contribution in [0.3, 0.4) is 0 Å². The minimum atomic E-state index is -0.929. The number of rotatable bonds is 4. The van der Waals surface area contributed by atoms with Crippen LogP contribution in [-0.2, 0) is 6.42 Å². The van der Waals surface area contributed by atoms with Crippen molar-refractivity contribution >= 4 is 0 Å². The van der Waals surface area contributed by atoms with E-state index in [4.69, 9.17) is 4.42 Å². The topological polar surface area (TPSA) is 25.2 Å². The molecular weight excluding hydrogens is 243 g/mol. The van der Waals surface area contributed by atoms with Crippen molar-refractivity contribution in [1.29, 1.82) is 0 Å². The fraction of sp³-hybridized carbons (Fsp3) is 0.231. The van der Waals surface area contributed by atoms with Gasteiger partial charge < -0.3 is 9.73 Å². The summed E-state index contributed by atoms with van der Waals surface area (Å²) in [5.74, 6) is -2.14. The molecule has 5 heteroatoms. The van der Waals surface area contributed by atoms with Crippen LogP contribution < -0.4 is 5.32 Å². The Balaban J connectivity index is 2.33. The van der Waals surface area contributed by atoms with Crippen LogP contribution in [0.2, 0.25) is 0 Å². The molecule has 0 aliphatic rings. The van der Waals surface area contributed by atoms with Gasteiger partial charge in [-0.25, -0.2) is 13.2 Å². The minimum absolute atomic E-state index is 0.185. The number of benzene rings is 1. The SMILES string of the molecule is CNC(Cc1ccco1)c1c(F)cc(F)cc1F. The third-order valence-corrected chi connectivity index (χ3v) is 2.73. The zero-order valence-corrected chi connectivity index (χ0v) is 9.71. The quantitative estimate of drug-likeness (QED) is 0.907. The minimum Gasteiger partial charge on any atom is -0.469 e. The summed E-state index contributed by atoms with van der Waals surface area (Å²) < 4.78 is 45.2. The molecule has 2 aromatic rings. The Morgan fingerprint density at radius 3 is 2.39 bits per heavy atom. The van der Waals surface area contributed by atoms with Gasteiger partial charge in [0.15, 0.2) is 0 Å². The van der Waals surface area contributed by atoms with Crippen LogP contribution in [0, 0.1) is 17.5 Å². The Morgan fingerprint density at radius 1 is 1.22 bits per heavy atom. The van der Waals surface area contributed by atoms with E-state index in [1.165, 1.54) is 6.26 Å². The lowest BCUT2D eigenvalue weighted by Gasteiger charge is -2.17. The summed E-state index contributed by atoms with van der Waals surface area (Å²) >= 11 is 0. The molecule has 1 heterocycles. The van der Waals surface area contributed by atoms with Crippen LogP contribution >= 0.6 is 0 Å². The van der Waals surface area contributed by atoms with E-state index in [9.17, 15) is 13.2 Å². The first-order valence-electron chi connectivity index (χ1n) is 5.46. The molecule has 2 nitrogen and oxygen atoms in total. The van der Waals surface area contributed by atoms with Gasteiger partial charge in [0, 0.05) is 30.2 Å². The van der Waals surface area contributed by atoms with E-state index in [2.05, 4.69) is 5.32 Å². The molecule has 0 bridgehead atoms. The van der Waals surface area contributed by atoms with Gasteiger partial charge in [0.1, 0.15) is 23.2 Å². The predicted octanol–water partition coefficient (Wildman–Crippen LogP) is 3.20. The monoisotopic (exact) mass is 255 g/mol. The van der Waals surface area contributed by atoms with Gasteiger partial charge >= 0.3 is 0 Å². The van der Waals surface area contributed by atoms with Crippen LogP contribution in [0.15, 0.2) is 34.9 Å². The first-order valence-corrected chi connectivity index (χ1v) is 5.46. The fourth-order valence-electron chi connectivity index (χ4n) is 1.86. The standard InChI is InChI=1S/C13H12F3NO/c1-17-12(7-9-3-2-4-18-9)13-10(15)5-8(14)6-11(13)16/h2-6,12,17H,7H2,1H3. The average Bonchev–Trinajstić information content (AvgIpc) is 2.79. The fourth-order valence-corrected chi connectivity index (χ4v) is 1.86. The van der Waals surface area contributed by atoms with Crippen molar-refractivity contribution in [3.63, 3.8) is 0 Å². The highest BCUT2D eigenvalue weighted by Crippen LogP contribution is 2.25. The number of furan rings is 1. The second kappa shape index (κ2) is 5.27. The number of likely N-dealkylation sites (N-methyl/N-ethyl adjacent to an activating group) is 1. The molecule has 1 unspecified atom stereocenters. The lowest BCUT2D eigenvalue weighted by molar-refractivity contribution is 0.435. The molecule has 0 radical (unpaired) electrons. The van der Waals surface area contributed by atoms with Crippen molar-refractivity contribution < 1.29 is 17.6 Å². The molecule has 0 spiro atoms. The van der Waals surface area contributed by atoms with Gasteiger partial charge in [0.25, 0.3) is 0 Å². The van der Waals surface area contributed by atoms with Crippen molar-refractivity contribution in [2.45, 2.75) is 12.5 Å². The Hall–Kier alpha value is -1.75. The van der Waals surface area contributed by atoms with Crippen molar-refractivity contribution in [2.24, 2.45) is 0 Å². The third kappa shape index (κ3) is 2.56. The third-order valence-electron chi connectivity index (χ3n) is 2.73. The molecule has 0 amide bonds. The summed E-state index contributed by atoms with van der Waals surface area (Å²) in [4.78, 5) is 0. The summed E-state index contributed by atoms with van der Waals surface area (Å²) in [6, 6.07) is 4.13. The molecule has 1 aromatic carbocycles. The number of hydrogen-bond acceptors (Lipinski definition) is 2. The second-order valence-electron chi connectivity index (χ2n) is 3.91. The summed E-state index contributed by atoms with van der Waals surface area (Å²) in [5, 5.41) is 2.80. The number of nitrogens with one attached hydrogen (secondary N) is 1. The van der Waals surface area contributed by atoms with Gasteiger partial charge in [-0.1, -0.05) is 0 Å². The van der Waals surface area contributed by atoms with E-state index >= 15 is 0 Å². The second-order valence-corrected chi connectivity index (χ2v) is 3.91. The van der Waals surface area contributed by atoms with Gasteiger partial charge in [-0.15, -0.1) is 0 Å². The molecule has 1 aromatic heterocycles. The Bertz CT molecular complexity index is 502. The van der Waals surface area contributed by atoms with E-state index in [0.29, 0.717) is 17.9 Å². The lowest BCUT2D eigenvalue weighted by atomic mass is 10.0. The Labute approximate surface area is 102 Å². The molecule has 1 atom stereocenters. The van der Waals surface area contributed by atoms with Crippen molar-refractivity contribution in [3.05, 3.63) is 59.3 Å². The normalized spacial score (nSPS) is 12.7. The van der Waals surface area contributed by atoms with Gasteiger partial charge in [-0.2, -0.15) is 0 Å². The Morgan fingerprint density at radius 2 is 1.89 bits per heavy atom. The zero-order chi connectivity index (χ0) is 13.1. The molecular formula is C13H12F3NO. The largest absolute Gasteiger partial charge is 0.469 e. The van der Waals surface area contributed by atoms with Crippen LogP contribution in [0.4, 0.5) is 13.2 Å². The van der Waals surface area contributed by atoms with E-state index in [1.807, 2.05) is 0 Å². The van der Waals surface area contributed by atoms with Crippen LogP contribution in [0.1, 0.15) is 17.4 Å². The van der Waals surface area contributed by atoms with Crippen molar-refractivity contribution in [3.8, 4) is 0 Å². The maximum absolute atomic E-state index is 13.6. The van der Waals surface area contributed by atoms with Crippen LogP contribution in [-0.4, -0.2) is 7.05 Å². The molecule has 2 rings (SSSR count). The maximum Gasteiger partial charge on any atom is 0.133 e. The van der Waals surface area contributed by atoms with Crippen molar-refractivity contribution in [2.75, 3.05) is 7.05 Å². The summed E-state index contributed by atoms with van der Waals surface area (Å²) in [5.41, 5.74) is -0.185. The Kier molecular flexibility index (Phi) is 3.72. The molecule has 96 valence electrons. The molecule has 0 aliphatic carbocycles. The van der Waals surface area contributed by atoms with Gasteiger partial charge in [0.05, 0.1) is 6.26 Å². The van der Waals surface area contributed by atoms with Gasteiger partial charge in [-0.3, -0.25) is 0 Å². The molecule has 0 aliphatic heterocycles. The maximum atomic E-state index is 13.6. The highest BCUT2D eigenvalue weighted by atomic mass is 19.1. The van der Waals surface area contributed by atoms with E-state index < -0.39 is 23.5 Å². The summed E-state index contributed by atoms with van der Waals surface area (Å²) in [7, 11) is 1.58. The molecule has 1 N–H and O–H groups in total. The summed E-state index contributed by atoms with van der Waals surface area (Å²) in [6.07, 6.45) is 1.77. The zero-order valence-electron chi connectivity index (χ0n) is 9.71. The predicted molar refractivity (Wildman–Crippen MR) is 60.5 cm³/mol. The molecule has 18 heavy (non-hydrogen) atoms. The average molecular weight is 255 g/mol. The van der Waals surface area contributed by atoms with E-state index in [0.717, 1.165) is 0 Å². The first kappa shape index (κ1) is 12.7. The van der Waals surface area contributed by atoms with Crippen LogP contribution in [0.5, 0.6) is 0 Å². The van der Waals surface area contributed by atoms with Gasteiger partial charge in [0.2, 0.25) is 0 Å². The summed E-state index contributed by atoms with van der Waals surface area (Å²) in [6.45, 7) is 0. The van der Waals surface area contributed by atoms with E-state index in [1.54, 1.807) is 19.2 Å². The lowest BCUT2D eigenvalue weighted by Crippen LogP contribution is -2.21. The number of hydrogen-bond donors (Lipinski definition) is 1. The molecule has 0 fully saturated rings. The number of halogens is 3. The molecule has 0 saturated heterocycles. The smallest absolute Gasteiger partial charge is 0.133 e. The van der Waals surface area contributed by atoms with Gasteiger partial charge in [-0.05, 0) is 19.2 Å². The van der Waals surface area contributed by atoms with E-state index in [-0.39, 0.29) is 12.0 Å². The highest BCUT2D eigenvalue weighted by molar-refractivity contribution is 5.25. The molecule has 0 saturated carbocycles. The van der Waals surface area contributed by atoms with Crippen molar-refractivity contribution in [1.82, 2.24) is 5.32 Å². The van der Waals surface area contributed by atoms with Crippen LogP contribution in [0.25, 0.3) is 0 Å². The first-order chi connectivity index (χ1) is 8.61. The highest BCUT2D eigenvalue weighted by Gasteiger charge is 2.21.